The van der Waals surface area contributed by atoms with Crippen molar-refractivity contribution in [1.29, 1.82) is 0 Å². The van der Waals surface area contributed by atoms with Gasteiger partial charge in [-0.1, -0.05) is 36.2 Å². The van der Waals surface area contributed by atoms with Crippen LogP contribution < -0.4 is 0 Å². The predicted octanol–water partition coefficient (Wildman–Crippen LogP) is 12.4. The van der Waals surface area contributed by atoms with E-state index >= 15 is 0 Å². The maximum Gasteiger partial charge on any atom is 0.340 e. The second kappa shape index (κ2) is 18.7. The lowest BCUT2D eigenvalue weighted by Crippen LogP contribution is -2.24. The second-order valence-electron chi connectivity index (χ2n) is 19.7. The summed E-state index contributed by atoms with van der Waals surface area (Å²) in [5.74, 6) is 6.52. The fourth-order valence-corrected chi connectivity index (χ4v) is 9.93. The molecule has 3 aromatic carbocycles. The maximum absolute atomic E-state index is 12.2. The topological polar surface area (TPSA) is 231 Å². The highest BCUT2D eigenvalue weighted by Crippen LogP contribution is 2.45. The average Bonchev–Trinajstić information content (AvgIpc) is 4.34. The van der Waals surface area contributed by atoms with E-state index in [0.717, 1.165) is 137 Å². The van der Waals surface area contributed by atoms with Crippen LogP contribution in [0.25, 0.3) is 66.5 Å². The van der Waals surface area contributed by atoms with Crippen molar-refractivity contribution in [2.24, 2.45) is 0 Å². The Bertz CT molecular complexity index is 3380. The number of H-pyrrole nitrogens is 3. The first-order chi connectivity index (χ1) is 34.1. The van der Waals surface area contributed by atoms with Crippen LogP contribution in [-0.4, -0.2) is 68.7 Å². The minimum atomic E-state index is -0.886. The van der Waals surface area contributed by atoms with Crippen molar-refractivity contribution in [1.82, 2.24) is 45.4 Å². The van der Waals surface area contributed by atoms with Gasteiger partial charge in [-0.3, -0.25) is 0 Å². The first kappa shape index (κ1) is 47.8. The maximum atomic E-state index is 12.2. The lowest BCUT2D eigenvalue weighted by atomic mass is 9.85. The van der Waals surface area contributed by atoms with Gasteiger partial charge < -0.3 is 43.5 Å². The molecule has 3 fully saturated rings. The smallest absolute Gasteiger partial charge is 0.340 e. The molecule has 9 aromatic rings. The van der Waals surface area contributed by atoms with E-state index < -0.39 is 17.7 Å². The van der Waals surface area contributed by atoms with Crippen LogP contribution in [0.4, 0.5) is 0 Å². The minimum Gasteiger partial charge on any atom is -0.465 e. The van der Waals surface area contributed by atoms with Crippen LogP contribution in [0.5, 0.6) is 0 Å². The number of benzene rings is 3. The van der Waals surface area contributed by atoms with Crippen molar-refractivity contribution in [2.75, 3.05) is 7.11 Å². The van der Waals surface area contributed by atoms with Gasteiger partial charge in [0.1, 0.15) is 40.3 Å². The monoisotopic (exact) mass is 961 g/mol. The van der Waals surface area contributed by atoms with Crippen molar-refractivity contribution in [2.45, 2.75) is 150 Å². The third-order valence-electron chi connectivity index (χ3n) is 14.5. The number of esters is 1. The molecule has 0 amide bonds. The lowest BCUT2D eigenvalue weighted by molar-refractivity contribution is 0.0297. The number of methoxy groups -OCH3 is 1. The number of carbonyl (C=O) groups is 1. The number of hydrogen-bond donors (Lipinski definition) is 5. The molecule has 16 heteroatoms. The standard InChI is InChI=1S/C20H25N3O2.C18H21N3O2.C17H17N3O3/c1-5-20(24,6-2)15-9-14(17-11(3)23-25-12(17)4)10-16-18(15)22-19(21-16)13-7-8-13;1-4-15(22)13-7-12(16-9(2)21-23-10(16)3)8-14-17(13)20-18(19-14)11-5-6-11;1-8-14(9(2)23-20-8)11-6-12(17(21)22-3)15-13(7-11)18-16(19-15)10-4-5-10/h9-10,13,24H,5-8H2,1-4H3,(H,21,22);7-8,11,15,22H,4-6H2,1-3H3,(H,19,20);6-7,10H,4-5H2,1-3H3,(H,18,19). The van der Waals surface area contributed by atoms with E-state index in [2.05, 4.69) is 53.6 Å². The number of hydrogen-bond acceptors (Lipinski definition) is 13. The van der Waals surface area contributed by atoms with Gasteiger partial charge in [0, 0.05) is 45.6 Å². The predicted molar refractivity (Wildman–Crippen MR) is 270 cm³/mol. The number of fused-ring (bicyclic) bond motifs is 3. The van der Waals surface area contributed by atoms with Gasteiger partial charge in [-0.2, -0.15) is 0 Å². The molecule has 71 heavy (non-hydrogen) atoms. The normalized spacial score (nSPS) is 15.3. The number of aliphatic hydroxyl groups is 2. The zero-order chi connectivity index (χ0) is 50.0. The molecule has 3 saturated carbocycles. The third kappa shape index (κ3) is 9.07. The van der Waals surface area contributed by atoms with Gasteiger partial charge in [-0.15, -0.1) is 0 Å². The zero-order valence-electron chi connectivity index (χ0n) is 42.3. The molecule has 6 heterocycles. The number of nitrogens with one attached hydrogen (secondary N) is 3. The third-order valence-corrected chi connectivity index (χ3v) is 14.5. The summed E-state index contributed by atoms with van der Waals surface area (Å²) in [6.45, 7) is 17.5. The van der Waals surface area contributed by atoms with Gasteiger partial charge in [0.25, 0.3) is 0 Å². The highest BCUT2D eigenvalue weighted by atomic mass is 16.5. The fourth-order valence-electron chi connectivity index (χ4n) is 9.93. The number of ether oxygens (including phenoxy) is 1. The molecule has 370 valence electrons. The Hall–Kier alpha value is -6.91. The Morgan fingerprint density at radius 1 is 0.620 bits per heavy atom. The molecule has 6 aromatic heterocycles. The SMILES string of the molecule is CCC(O)(CC)c1cc(-c2c(C)noc2C)cc2[nH]c(C3CC3)nc12.CCC(O)c1cc(-c2c(C)noc2C)cc2[nH]c(C3CC3)nc12.COC(=O)c1cc(-c2c(C)noc2C)cc2[nH]c(C3CC3)nc12. The van der Waals surface area contributed by atoms with Crippen molar-refractivity contribution >= 4 is 39.1 Å². The van der Waals surface area contributed by atoms with Crippen LogP contribution in [0.15, 0.2) is 50.0 Å². The van der Waals surface area contributed by atoms with E-state index in [0.29, 0.717) is 48.1 Å². The van der Waals surface area contributed by atoms with Crippen LogP contribution in [0.1, 0.15) is 176 Å². The number of nitrogens with zero attached hydrogens (tertiary/aromatic N) is 6. The first-order valence-electron chi connectivity index (χ1n) is 25.0. The van der Waals surface area contributed by atoms with Crippen LogP contribution in [-0.2, 0) is 10.3 Å². The van der Waals surface area contributed by atoms with E-state index in [-0.39, 0.29) is 0 Å². The Balaban J connectivity index is 0.000000123. The van der Waals surface area contributed by atoms with Crippen molar-refractivity contribution in [3.63, 3.8) is 0 Å². The first-order valence-corrected chi connectivity index (χ1v) is 25.0. The molecule has 12 rings (SSSR count). The molecule has 1 atom stereocenters. The average molecular weight is 962 g/mol. The number of aliphatic hydroxyl groups excluding tert-OH is 1. The van der Waals surface area contributed by atoms with Crippen LogP contribution in [0, 0.1) is 41.5 Å². The van der Waals surface area contributed by atoms with Crippen molar-refractivity contribution < 1.29 is 33.3 Å². The van der Waals surface area contributed by atoms with E-state index in [1.54, 1.807) is 6.07 Å². The molecular weight excluding hydrogens is 899 g/mol. The summed E-state index contributed by atoms with van der Waals surface area (Å²) in [4.78, 5) is 36.7. The Labute approximate surface area is 411 Å². The second-order valence-corrected chi connectivity index (χ2v) is 19.7. The number of aromatic nitrogens is 9. The van der Waals surface area contributed by atoms with Gasteiger partial charge in [0.05, 0.1) is 69.0 Å². The molecule has 3 aliphatic rings. The number of aryl methyl sites for hydroxylation is 6. The minimum absolute atomic E-state index is 0.391. The summed E-state index contributed by atoms with van der Waals surface area (Å²) < 4.78 is 20.8. The van der Waals surface area contributed by atoms with E-state index in [9.17, 15) is 15.0 Å². The summed E-state index contributed by atoms with van der Waals surface area (Å²) in [5.41, 5.74) is 14.9. The number of imidazole rings is 3. The number of carbonyl (C=O) groups excluding carboxylic acids is 1. The van der Waals surface area contributed by atoms with E-state index in [1.165, 1.54) is 32.8 Å². The Morgan fingerprint density at radius 2 is 1.01 bits per heavy atom. The molecule has 0 spiro atoms. The summed E-state index contributed by atoms with van der Waals surface area (Å²) in [6.07, 6.45) is 8.50. The summed E-state index contributed by atoms with van der Waals surface area (Å²) >= 11 is 0. The summed E-state index contributed by atoms with van der Waals surface area (Å²) in [7, 11) is 1.38. The summed E-state index contributed by atoms with van der Waals surface area (Å²) in [5, 5.41) is 33.8. The van der Waals surface area contributed by atoms with Crippen molar-refractivity contribution in [3.05, 3.63) is 105 Å². The quantitative estimate of drug-likeness (QED) is 0.0718. The Morgan fingerprint density at radius 3 is 1.41 bits per heavy atom. The molecule has 0 saturated heterocycles. The fraction of sp³-hybridized carbons (Fsp3) is 0.436. The highest BCUT2D eigenvalue weighted by molar-refractivity contribution is 6.04. The van der Waals surface area contributed by atoms with Gasteiger partial charge in [-0.05, 0) is 152 Å². The van der Waals surface area contributed by atoms with Crippen LogP contribution >= 0.6 is 0 Å². The molecule has 5 N–H and O–H groups in total. The van der Waals surface area contributed by atoms with E-state index in [1.807, 2.05) is 74.4 Å². The highest BCUT2D eigenvalue weighted by Gasteiger charge is 2.34. The lowest BCUT2D eigenvalue weighted by Gasteiger charge is -2.26. The zero-order valence-corrected chi connectivity index (χ0v) is 42.3. The van der Waals surface area contributed by atoms with Crippen LogP contribution in [0.3, 0.4) is 0 Å². The van der Waals surface area contributed by atoms with Crippen LogP contribution in [0.2, 0.25) is 0 Å². The molecule has 0 radical (unpaired) electrons. The molecule has 1 unspecified atom stereocenters. The van der Waals surface area contributed by atoms with Gasteiger partial charge in [0.2, 0.25) is 0 Å². The van der Waals surface area contributed by atoms with E-state index in [4.69, 9.17) is 28.3 Å². The Kier molecular flexibility index (Phi) is 12.6. The van der Waals surface area contributed by atoms with Crippen molar-refractivity contribution in [3.8, 4) is 33.4 Å². The van der Waals surface area contributed by atoms with Gasteiger partial charge in [-0.25, -0.2) is 19.7 Å². The van der Waals surface area contributed by atoms with Gasteiger partial charge >= 0.3 is 5.97 Å². The molecule has 3 aliphatic carbocycles. The molecule has 0 aliphatic heterocycles. The number of rotatable bonds is 12. The largest absolute Gasteiger partial charge is 0.465 e. The summed E-state index contributed by atoms with van der Waals surface area (Å²) in [6, 6.07) is 12.1. The number of aromatic amines is 3. The van der Waals surface area contributed by atoms with Gasteiger partial charge in [0.15, 0.2) is 0 Å². The molecule has 0 bridgehead atoms. The molecular formula is C55H63N9O7. The molecule has 16 nitrogen and oxygen atoms in total.